The molecule has 1 aromatic rings. The Morgan fingerprint density at radius 3 is 3.05 bits per heavy atom. The molecule has 2 heterocycles. The maximum atomic E-state index is 11.1. The Hall–Kier alpha value is -1.17. The van der Waals surface area contributed by atoms with Gasteiger partial charge in [0.15, 0.2) is 5.72 Å². The molecular formula is C17H22N2OS2. The summed E-state index contributed by atoms with van der Waals surface area (Å²) < 4.78 is 0.746. The summed E-state index contributed by atoms with van der Waals surface area (Å²) in [5.74, 6) is 0.577. The number of aromatic nitrogens is 1. The molecule has 5 heteroatoms. The van der Waals surface area contributed by atoms with Gasteiger partial charge >= 0.3 is 0 Å². The summed E-state index contributed by atoms with van der Waals surface area (Å²) >= 11 is 6.97. The fourth-order valence-corrected chi connectivity index (χ4v) is 3.87. The number of nitrogens with zero attached hydrogens (tertiary/aromatic N) is 2. The Balaban J connectivity index is 2.14. The fourth-order valence-electron chi connectivity index (χ4n) is 2.33. The lowest BCUT2D eigenvalue weighted by Crippen LogP contribution is -2.51. The second-order valence-electron chi connectivity index (χ2n) is 5.39. The number of aliphatic hydroxyl groups is 1. The van der Waals surface area contributed by atoms with E-state index in [1.165, 1.54) is 11.8 Å². The van der Waals surface area contributed by atoms with Crippen molar-refractivity contribution in [3.8, 4) is 0 Å². The van der Waals surface area contributed by atoms with Gasteiger partial charge in [-0.3, -0.25) is 4.98 Å². The molecule has 2 atom stereocenters. The molecule has 0 aromatic carbocycles. The molecule has 2 rings (SSSR count). The molecule has 0 amide bonds. The molecule has 0 bridgehead atoms. The molecule has 3 nitrogen and oxygen atoms in total. The largest absolute Gasteiger partial charge is 0.369 e. The molecule has 1 saturated heterocycles. The van der Waals surface area contributed by atoms with Crippen LogP contribution in [0.25, 0.3) is 0 Å². The van der Waals surface area contributed by atoms with Crippen molar-refractivity contribution in [1.29, 1.82) is 0 Å². The van der Waals surface area contributed by atoms with E-state index in [4.69, 9.17) is 12.2 Å². The van der Waals surface area contributed by atoms with Gasteiger partial charge in [0.2, 0.25) is 0 Å². The Morgan fingerprint density at radius 2 is 2.36 bits per heavy atom. The van der Waals surface area contributed by atoms with Gasteiger partial charge in [-0.1, -0.05) is 68.2 Å². The third kappa shape index (κ3) is 3.97. The van der Waals surface area contributed by atoms with E-state index in [1.54, 1.807) is 6.20 Å². The van der Waals surface area contributed by atoms with Gasteiger partial charge in [0.1, 0.15) is 4.32 Å². The van der Waals surface area contributed by atoms with Gasteiger partial charge in [0.05, 0.1) is 0 Å². The van der Waals surface area contributed by atoms with Crippen LogP contribution >= 0.6 is 24.0 Å². The number of pyridine rings is 1. The highest BCUT2D eigenvalue weighted by Gasteiger charge is 2.45. The number of hydrogen-bond acceptors (Lipinski definition) is 4. The lowest BCUT2D eigenvalue weighted by Gasteiger charge is -2.37. The van der Waals surface area contributed by atoms with Crippen molar-refractivity contribution >= 4 is 28.3 Å². The summed E-state index contributed by atoms with van der Waals surface area (Å²) in [6, 6.07) is 3.91. The van der Waals surface area contributed by atoms with Crippen molar-refractivity contribution in [2.45, 2.75) is 32.5 Å². The van der Waals surface area contributed by atoms with Crippen LogP contribution in [-0.4, -0.2) is 30.8 Å². The normalized spacial score (nSPS) is 23.8. The van der Waals surface area contributed by atoms with Crippen molar-refractivity contribution in [3.63, 3.8) is 0 Å². The minimum atomic E-state index is -0.950. The minimum Gasteiger partial charge on any atom is -0.369 e. The standard InChI is InChI=1S/C17H22N2OS2/c1-3-4-5-6-8-14(2)17(20)13-22-16(21)19(17)12-15-9-7-10-18-11-15/h4-11,14,20H,3,12-13H2,1-2H3/b5-4-,8-6-. The van der Waals surface area contributed by atoms with Crippen LogP contribution in [0.1, 0.15) is 25.8 Å². The summed E-state index contributed by atoms with van der Waals surface area (Å²) in [5, 5.41) is 11.1. The highest BCUT2D eigenvalue weighted by Crippen LogP contribution is 2.38. The molecule has 1 aliphatic rings. The van der Waals surface area contributed by atoms with Crippen molar-refractivity contribution in [2.24, 2.45) is 5.92 Å². The minimum absolute atomic E-state index is 0.0152. The topological polar surface area (TPSA) is 36.4 Å². The van der Waals surface area contributed by atoms with E-state index in [0.717, 1.165) is 16.3 Å². The zero-order valence-electron chi connectivity index (χ0n) is 13.0. The van der Waals surface area contributed by atoms with Crippen LogP contribution in [0.3, 0.4) is 0 Å². The zero-order valence-corrected chi connectivity index (χ0v) is 14.6. The van der Waals surface area contributed by atoms with E-state index in [2.05, 4.69) is 18.0 Å². The lowest BCUT2D eigenvalue weighted by atomic mass is 9.96. The van der Waals surface area contributed by atoms with Gasteiger partial charge < -0.3 is 10.0 Å². The van der Waals surface area contributed by atoms with Crippen molar-refractivity contribution in [3.05, 3.63) is 54.4 Å². The quantitative estimate of drug-likeness (QED) is 0.633. The molecule has 2 unspecified atom stereocenters. The summed E-state index contributed by atoms with van der Waals surface area (Å²) in [6.07, 6.45) is 12.7. The van der Waals surface area contributed by atoms with Crippen molar-refractivity contribution < 1.29 is 5.11 Å². The molecule has 118 valence electrons. The molecule has 22 heavy (non-hydrogen) atoms. The first-order valence-corrected chi connectivity index (χ1v) is 8.86. The number of hydrogen-bond donors (Lipinski definition) is 1. The van der Waals surface area contributed by atoms with Crippen LogP contribution in [0.15, 0.2) is 48.8 Å². The van der Waals surface area contributed by atoms with E-state index in [1.807, 2.05) is 48.4 Å². The zero-order chi connectivity index (χ0) is 16.0. The van der Waals surface area contributed by atoms with Crippen LogP contribution in [0.4, 0.5) is 0 Å². The second kappa shape index (κ2) is 7.90. The van der Waals surface area contributed by atoms with Gasteiger partial charge in [-0.15, -0.1) is 0 Å². The van der Waals surface area contributed by atoms with E-state index < -0.39 is 5.72 Å². The van der Waals surface area contributed by atoms with E-state index in [0.29, 0.717) is 12.3 Å². The summed E-state index contributed by atoms with van der Waals surface area (Å²) in [7, 11) is 0. The van der Waals surface area contributed by atoms with Crippen LogP contribution in [-0.2, 0) is 6.54 Å². The average molecular weight is 335 g/mol. The molecule has 1 N–H and O–H groups in total. The molecule has 0 radical (unpaired) electrons. The van der Waals surface area contributed by atoms with Crippen LogP contribution in [0.5, 0.6) is 0 Å². The van der Waals surface area contributed by atoms with Gasteiger partial charge in [-0.2, -0.15) is 0 Å². The molecule has 0 saturated carbocycles. The molecule has 1 aromatic heterocycles. The Morgan fingerprint density at radius 1 is 1.55 bits per heavy atom. The Labute approximate surface area is 142 Å². The van der Waals surface area contributed by atoms with Crippen LogP contribution < -0.4 is 0 Å². The molecule has 0 spiro atoms. The first-order valence-electron chi connectivity index (χ1n) is 7.47. The maximum Gasteiger partial charge on any atom is 0.154 e. The number of thiocarbonyl (C=S) groups is 1. The number of rotatable bonds is 6. The molecular weight excluding hydrogens is 312 g/mol. The molecule has 1 fully saturated rings. The van der Waals surface area contributed by atoms with E-state index >= 15 is 0 Å². The molecule has 1 aliphatic heterocycles. The number of allylic oxidation sites excluding steroid dienone is 3. The highest BCUT2D eigenvalue weighted by molar-refractivity contribution is 8.23. The van der Waals surface area contributed by atoms with Gasteiger partial charge in [-0.05, 0) is 18.1 Å². The summed E-state index contributed by atoms with van der Waals surface area (Å²) in [4.78, 5) is 6.05. The maximum absolute atomic E-state index is 11.1. The predicted molar refractivity (Wildman–Crippen MR) is 97.5 cm³/mol. The van der Waals surface area contributed by atoms with Crippen molar-refractivity contribution in [2.75, 3.05) is 5.75 Å². The third-order valence-corrected chi connectivity index (χ3v) is 5.38. The van der Waals surface area contributed by atoms with E-state index in [9.17, 15) is 5.11 Å². The third-order valence-electron chi connectivity index (χ3n) is 3.77. The second-order valence-corrected chi connectivity index (χ2v) is 7.00. The summed E-state index contributed by atoms with van der Waals surface area (Å²) in [6.45, 7) is 4.71. The summed E-state index contributed by atoms with van der Waals surface area (Å²) in [5.41, 5.74) is 0.0987. The highest BCUT2D eigenvalue weighted by atomic mass is 32.2. The Kier molecular flexibility index (Phi) is 6.17. The predicted octanol–water partition coefficient (Wildman–Crippen LogP) is 3.76. The molecule has 0 aliphatic carbocycles. The fraction of sp³-hybridized carbons (Fsp3) is 0.412. The van der Waals surface area contributed by atoms with Gasteiger partial charge in [0, 0.05) is 30.6 Å². The van der Waals surface area contributed by atoms with Crippen molar-refractivity contribution in [1.82, 2.24) is 9.88 Å². The van der Waals surface area contributed by atoms with Crippen LogP contribution in [0.2, 0.25) is 0 Å². The van der Waals surface area contributed by atoms with Gasteiger partial charge in [-0.25, -0.2) is 0 Å². The first-order chi connectivity index (χ1) is 10.6. The van der Waals surface area contributed by atoms with Gasteiger partial charge in [0.25, 0.3) is 0 Å². The van der Waals surface area contributed by atoms with E-state index in [-0.39, 0.29) is 5.92 Å². The monoisotopic (exact) mass is 334 g/mol. The smallest absolute Gasteiger partial charge is 0.154 e. The lowest BCUT2D eigenvalue weighted by molar-refractivity contribution is -0.0738. The SMILES string of the molecule is CC/C=C\C=C/C(C)C1(O)CSC(=S)N1Cc1cccnc1. The Bertz CT molecular complexity index is 559. The number of thioether (sulfide) groups is 1. The average Bonchev–Trinajstić information content (AvgIpc) is 2.82. The first kappa shape index (κ1) is 17.2. The van der Waals surface area contributed by atoms with Crippen LogP contribution in [0, 0.1) is 5.92 Å².